The predicted octanol–water partition coefficient (Wildman–Crippen LogP) is 3.32. The molecular formula is C17H18FN3O. The molecule has 0 radical (unpaired) electrons. The maximum absolute atomic E-state index is 13.1. The average Bonchev–Trinajstić information content (AvgIpc) is 2.97. The van der Waals surface area contributed by atoms with E-state index >= 15 is 0 Å². The van der Waals surface area contributed by atoms with Gasteiger partial charge in [-0.2, -0.15) is 0 Å². The number of halogens is 1. The van der Waals surface area contributed by atoms with E-state index in [1.165, 1.54) is 17.7 Å². The largest absolute Gasteiger partial charge is 0.324 e. The Morgan fingerprint density at radius 3 is 2.91 bits per heavy atom. The van der Waals surface area contributed by atoms with Crippen LogP contribution >= 0.6 is 0 Å². The quantitative estimate of drug-likeness (QED) is 0.945. The van der Waals surface area contributed by atoms with Gasteiger partial charge in [0.2, 0.25) is 0 Å². The van der Waals surface area contributed by atoms with Gasteiger partial charge in [-0.1, -0.05) is 6.07 Å². The lowest BCUT2D eigenvalue weighted by molar-refractivity contribution is 0.221. The fraction of sp³-hybridized carbons (Fsp3) is 0.294. The molecule has 1 aliphatic heterocycles. The van der Waals surface area contributed by atoms with Gasteiger partial charge in [0, 0.05) is 31.2 Å². The number of pyridine rings is 1. The molecule has 2 amide bonds. The molecule has 114 valence electrons. The first-order valence-electron chi connectivity index (χ1n) is 7.41. The molecule has 1 atom stereocenters. The van der Waals surface area contributed by atoms with E-state index in [1.54, 1.807) is 29.4 Å². The zero-order chi connectivity index (χ0) is 15.4. The first kappa shape index (κ1) is 14.5. The summed E-state index contributed by atoms with van der Waals surface area (Å²) in [6, 6.07) is 9.80. The van der Waals surface area contributed by atoms with Crippen LogP contribution in [-0.4, -0.2) is 29.0 Å². The fourth-order valence-electron chi connectivity index (χ4n) is 2.80. The van der Waals surface area contributed by atoms with E-state index in [4.69, 9.17) is 0 Å². The van der Waals surface area contributed by atoms with Crippen LogP contribution in [0.3, 0.4) is 0 Å². The Morgan fingerprint density at radius 2 is 2.14 bits per heavy atom. The number of amides is 2. The zero-order valence-electron chi connectivity index (χ0n) is 12.2. The number of anilines is 1. The van der Waals surface area contributed by atoms with Crippen LogP contribution in [0.2, 0.25) is 0 Å². The summed E-state index contributed by atoms with van der Waals surface area (Å²) in [6.45, 7) is 1.46. The van der Waals surface area contributed by atoms with Crippen LogP contribution in [0.5, 0.6) is 0 Å². The second-order valence-electron chi connectivity index (χ2n) is 5.60. The Kier molecular flexibility index (Phi) is 4.32. The van der Waals surface area contributed by atoms with Crippen molar-refractivity contribution in [1.29, 1.82) is 0 Å². The van der Waals surface area contributed by atoms with Crippen molar-refractivity contribution >= 4 is 11.7 Å². The summed E-state index contributed by atoms with van der Waals surface area (Å²) in [7, 11) is 0. The minimum atomic E-state index is -0.352. The smallest absolute Gasteiger partial charge is 0.321 e. The van der Waals surface area contributed by atoms with Crippen LogP contribution in [0.15, 0.2) is 48.8 Å². The van der Waals surface area contributed by atoms with E-state index in [0.29, 0.717) is 11.6 Å². The SMILES string of the molecule is O=C(Nc1cccc(F)c1)N1CCC(Cc2ccncc2)C1. The van der Waals surface area contributed by atoms with Crippen LogP contribution in [0.1, 0.15) is 12.0 Å². The molecule has 0 spiro atoms. The Balaban J connectivity index is 1.55. The van der Waals surface area contributed by atoms with Crippen molar-refractivity contribution in [1.82, 2.24) is 9.88 Å². The van der Waals surface area contributed by atoms with E-state index in [-0.39, 0.29) is 11.8 Å². The molecule has 1 N–H and O–H groups in total. The minimum Gasteiger partial charge on any atom is -0.324 e. The van der Waals surface area contributed by atoms with Crippen LogP contribution in [-0.2, 0) is 6.42 Å². The number of nitrogens with zero attached hydrogens (tertiary/aromatic N) is 2. The predicted molar refractivity (Wildman–Crippen MR) is 83.0 cm³/mol. The lowest BCUT2D eigenvalue weighted by Crippen LogP contribution is -2.33. The van der Waals surface area contributed by atoms with Crippen LogP contribution in [0.4, 0.5) is 14.9 Å². The minimum absolute atomic E-state index is 0.164. The summed E-state index contributed by atoms with van der Waals surface area (Å²) in [6.07, 6.45) is 5.52. The molecule has 5 heteroatoms. The Morgan fingerprint density at radius 1 is 1.32 bits per heavy atom. The van der Waals surface area contributed by atoms with Crippen molar-refractivity contribution in [3.63, 3.8) is 0 Å². The normalized spacial score (nSPS) is 17.5. The highest BCUT2D eigenvalue weighted by molar-refractivity contribution is 5.89. The van der Waals surface area contributed by atoms with E-state index in [0.717, 1.165) is 25.9 Å². The van der Waals surface area contributed by atoms with Crippen LogP contribution in [0, 0.1) is 11.7 Å². The number of hydrogen-bond acceptors (Lipinski definition) is 2. The zero-order valence-corrected chi connectivity index (χ0v) is 12.2. The number of hydrogen-bond donors (Lipinski definition) is 1. The topological polar surface area (TPSA) is 45.2 Å². The third kappa shape index (κ3) is 3.61. The summed E-state index contributed by atoms with van der Waals surface area (Å²) in [5.41, 5.74) is 1.73. The lowest BCUT2D eigenvalue weighted by Gasteiger charge is -2.17. The number of carbonyl (C=O) groups excluding carboxylic acids is 1. The van der Waals surface area contributed by atoms with Gasteiger partial charge in [0.25, 0.3) is 0 Å². The molecule has 3 rings (SSSR count). The number of rotatable bonds is 3. The average molecular weight is 299 g/mol. The van der Waals surface area contributed by atoms with E-state index in [2.05, 4.69) is 10.3 Å². The van der Waals surface area contributed by atoms with Gasteiger partial charge in [-0.15, -0.1) is 0 Å². The second-order valence-corrected chi connectivity index (χ2v) is 5.60. The molecule has 1 saturated heterocycles. The van der Waals surface area contributed by atoms with E-state index < -0.39 is 0 Å². The van der Waals surface area contributed by atoms with Gasteiger partial charge in [-0.05, 0) is 54.7 Å². The van der Waals surface area contributed by atoms with Crippen LogP contribution in [0.25, 0.3) is 0 Å². The molecular weight excluding hydrogens is 281 g/mol. The molecule has 0 aliphatic carbocycles. The number of carbonyl (C=O) groups is 1. The van der Waals surface area contributed by atoms with E-state index in [1.807, 2.05) is 12.1 Å². The fourth-order valence-corrected chi connectivity index (χ4v) is 2.80. The summed E-state index contributed by atoms with van der Waals surface area (Å²) in [4.78, 5) is 18.0. The van der Waals surface area contributed by atoms with Crippen LogP contribution < -0.4 is 5.32 Å². The monoisotopic (exact) mass is 299 g/mol. The first-order chi connectivity index (χ1) is 10.7. The highest BCUT2D eigenvalue weighted by Gasteiger charge is 2.26. The molecule has 0 bridgehead atoms. The Labute approximate surface area is 129 Å². The second kappa shape index (κ2) is 6.56. The van der Waals surface area contributed by atoms with Crippen molar-refractivity contribution in [2.45, 2.75) is 12.8 Å². The molecule has 22 heavy (non-hydrogen) atoms. The van der Waals surface area contributed by atoms with Gasteiger partial charge in [0.15, 0.2) is 0 Å². The van der Waals surface area contributed by atoms with Gasteiger partial charge in [0.05, 0.1) is 0 Å². The molecule has 1 unspecified atom stereocenters. The number of nitrogens with one attached hydrogen (secondary N) is 1. The summed E-state index contributed by atoms with van der Waals surface area (Å²) in [5, 5.41) is 2.75. The third-order valence-electron chi connectivity index (χ3n) is 3.92. The van der Waals surface area contributed by atoms with Crippen molar-refractivity contribution in [3.05, 3.63) is 60.2 Å². The van der Waals surface area contributed by atoms with Gasteiger partial charge in [0.1, 0.15) is 5.82 Å². The molecule has 2 heterocycles. The number of likely N-dealkylation sites (tertiary alicyclic amines) is 1. The molecule has 4 nitrogen and oxygen atoms in total. The van der Waals surface area contributed by atoms with Crippen molar-refractivity contribution in [2.24, 2.45) is 5.92 Å². The molecule has 1 fully saturated rings. The number of benzene rings is 1. The maximum Gasteiger partial charge on any atom is 0.321 e. The molecule has 1 aliphatic rings. The number of urea groups is 1. The summed E-state index contributed by atoms with van der Waals surface area (Å²) in [5.74, 6) is 0.107. The van der Waals surface area contributed by atoms with Gasteiger partial charge >= 0.3 is 6.03 Å². The molecule has 1 aromatic heterocycles. The summed E-state index contributed by atoms with van der Waals surface area (Å²) >= 11 is 0. The maximum atomic E-state index is 13.1. The lowest BCUT2D eigenvalue weighted by atomic mass is 10.00. The van der Waals surface area contributed by atoms with E-state index in [9.17, 15) is 9.18 Å². The highest BCUT2D eigenvalue weighted by Crippen LogP contribution is 2.21. The molecule has 0 saturated carbocycles. The van der Waals surface area contributed by atoms with Crippen molar-refractivity contribution in [3.8, 4) is 0 Å². The van der Waals surface area contributed by atoms with Gasteiger partial charge in [-0.3, -0.25) is 4.98 Å². The van der Waals surface area contributed by atoms with Crippen molar-refractivity contribution in [2.75, 3.05) is 18.4 Å². The van der Waals surface area contributed by atoms with Gasteiger partial charge < -0.3 is 10.2 Å². The summed E-state index contributed by atoms with van der Waals surface area (Å²) < 4.78 is 13.1. The Bertz CT molecular complexity index is 647. The first-order valence-corrected chi connectivity index (χ1v) is 7.41. The van der Waals surface area contributed by atoms with Crippen molar-refractivity contribution < 1.29 is 9.18 Å². The Hall–Kier alpha value is -2.43. The number of aromatic nitrogens is 1. The molecule has 2 aromatic rings. The molecule has 1 aromatic carbocycles. The highest BCUT2D eigenvalue weighted by atomic mass is 19.1. The third-order valence-corrected chi connectivity index (χ3v) is 3.92. The standard InChI is InChI=1S/C17H18FN3O/c18-15-2-1-3-16(11-15)20-17(22)21-9-6-14(12-21)10-13-4-7-19-8-5-13/h1-5,7-8,11,14H,6,9-10,12H2,(H,20,22). The van der Waals surface area contributed by atoms with Gasteiger partial charge in [-0.25, -0.2) is 9.18 Å².